The van der Waals surface area contributed by atoms with E-state index < -0.39 is 0 Å². The lowest BCUT2D eigenvalue weighted by Gasteiger charge is -2.34. The molecule has 4 heteroatoms. The minimum Gasteiger partial charge on any atom is -0.356 e. The van der Waals surface area contributed by atoms with Crippen LogP contribution in [0.3, 0.4) is 0 Å². The Morgan fingerprint density at radius 2 is 2.12 bits per heavy atom. The van der Waals surface area contributed by atoms with Crippen LogP contribution in [0.4, 0.5) is 0 Å². The molecule has 0 amide bonds. The van der Waals surface area contributed by atoms with E-state index in [1.54, 1.807) is 0 Å². The Bertz CT molecular complexity index is 255. The number of nitrogens with zero attached hydrogens (tertiary/aromatic N) is 1. The van der Waals surface area contributed by atoms with E-state index in [-0.39, 0.29) is 24.0 Å². The normalized spacial score (nSPS) is 33.1. The second-order valence-corrected chi connectivity index (χ2v) is 5.42. The number of rotatable bonds is 2. The summed E-state index contributed by atoms with van der Waals surface area (Å²) in [6.45, 7) is 7.95. The van der Waals surface area contributed by atoms with Crippen molar-refractivity contribution in [2.45, 2.75) is 39.5 Å². The predicted octanol–water partition coefficient (Wildman–Crippen LogP) is 2.62. The zero-order chi connectivity index (χ0) is 11.4. The van der Waals surface area contributed by atoms with Crippen LogP contribution in [0, 0.1) is 17.8 Å². The molecular weight excluding hydrogens is 325 g/mol. The summed E-state index contributed by atoms with van der Waals surface area (Å²) in [4.78, 5) is 4.45. The molecule has 0 aromatic rings. The molecule has 3 unspecified atom stereocenters. The molecule has 0 aromatic heterocycles. The van der Waals surface area contributed by atoms with Crippen LogP contribution >= 0.6 is 24.0 Å². The van der Waals surface area contributed by atoms with Crippen molar-refractivity contribution in [3.63, 3.8) is 0 Å². The van der Waals surface area contributed by atoms with Gasteiger partial charge in [0.1, 0.15) is 0 Å². The maximum atomic E-state index is 4.45. The Morgan fingerprint density at radius 1 is 1.29 bits per heavy atom. The summed E-state index contributed by atoms with van der Waals surface area (Å²) >= 11 is 0. The minimum absolute atomic E-state index is 0. The van der Waals surface area contributed by atoms with Crippen LogP contribution in [0.5, 0.6) is 0 Å². The molecule has 0 spiro atoms. The molecule has 2 N–H and O–H groups in total. The van der Waals surface area contributed by atoms with E-state index in [1.807, 2.05) is 0 Å². The summed E-state index contributed by atoms with van der Waals surface area (Å²) in [6, 6.07) is 0. The van der Waals surface area contributed by atoms with Crippen LogP contribution in [0.25, 0.3) is 0 Å². The van der Waals surface area contributed by atoms with Gasteiger partial charge in [-0.05, 0) is 30.6 Å². The van der Waals surface area contributed by atoms with Crippen LogP contribution in [0.1, 0.15) is 39.5 Å². The van der Waals surface area contributed by atoms with Gasteiger partial charge in [-0.2, -0.15) is 0 Å². The zero-order valence-corrected chi connectivity index (χ0v) is 13.4. The third kappa shape index (κ3) is 4.30. The van der Waals surface area contributed by atoms with Crippen LogP contribution in [0.2, 0.25) is 0 Å². The maximum absolute atomic E-state index is 4.45. The Morgan fingerprint density at radius 3 is 2.82 bits per heavy atom. The third-order valence-corrected chi connectivity index (χ3v) is 4.30. The van der Waals surface area contributed by atoms with E-state index in [2.05, 4.69) is 29.5 Å². The summed E-state index contributed by atoms with van der Waals surface area (Å²) in [7, 11) is 0. The largest absolute Gasteiger partial charge is 0.356 e. The van der Waals surface area contributed by atoms with Gasteiger partial charge in [-0.3, -0.25) is 4.99 Å². The molecule has 17 heavy (non-hydrogen) atoms. The van der Waals surface area contributed by atoms with Crippen LogP contribution < -0.4 is 10.6 Å². The topological polar surface area (TPSA) is 36.4 Å². The Labute approximate surface area is 122 Å². The highest BCUT2D eigenvalue weighted by atomic mass is 127. The zero-order valence-electron chi connectivity index (χ0n) is 11.0. The van der Waals surface area contributed by atoms with Gasteiger partial charge in [0, 0.05) is 19.6 Å². The van der Waals surface area contributed by atoms with Crippen molar-refractivity contribution in [3.05, 3.63) is 0 Å². The first-order valence-corrected chi connectivity index (χ1v) is 6.79. The van der Waals surface area contributed by atoms with E-state index in [0.717, 1.165) is 43.3 Å². The molecule has 3 nitrogen and oxygen atoms in total. The fourth-order valence-electron chi connectivity index (χ4n) is 2.86. The highest BCUT2D eigenvalue weighted by Gasteiger charge is 2.26. The number of hydrogen-bond acceptors (Lipinski definition) is 3. The molecule has 1 aliphatic heterocycles. The first kappa shape index (κ1) is 15.1. The molecule has 3 atom stereocenters. The molecule has 1 aliphatic carbocycles. The van der Waals surface area contributed by atoms with Gasteiger partial charge in [0.05, 0.1) is 0 Å². The number of nitrogens with one attached hydrogen (secondary N) is 2. The molecule has 1 saturated carbocycles. The molecule has 1 fully saturated rings. The van der Waals surface area contributed by atoms with Crippen molar-refractivity contribution < 1.29 is 0 Å². The summed E-state index contributed by atoms with van der Waals surface area (Å²) in [6.07, 6.45) is 5.36. The first-order valence-electron chi connectivity index (χ1n) is 6.79. The lowest BCUT2D eigenvalue weighted by Crippen LogP contribution is -2.44. The van der Waals surface area contributed by atoms with Crippen molar-refractivity contribution in [2.24, 2.45) is 22.7 Å². The van der Waals surface area contributed by atoms with Crippen molar-refractivity contribution in [3.8, 4) is 0 Å². The lowest BCUT2D eigenvalue weighted by molar-refractivity contribution is 0.183. The van der Waals surface area contributed by atoms with Gasteiger partial charge in [0.2, 0.25) is 0 Å². The van der Waals surface area contributed by atoms with Gasteiger partial charge in [-0.15, -0.1) is 24.0 Å². The lowest BCUT2D eigenvalue weighted by atomic mass is 9.74. The number of aliphatic imine (C=N–C) groups is 1. The number of hydrogen-bond donors (Lipinski definition) is 2. The minimum atomic E-state index is 0. The van der Waals surface area contributed by atoms with E-state index in [1.165, 1.54) is 25.7 Å². The first-order chi connectivity index (χ1) is 7.77. The van der Waals surface area contributed by atoms with Crippen molar-refractivity contribution in [1.82, 2.24) is 10.6 Å². The standard InChI is InChI=1S/C13H25N3.HI/c1-10-5-3-6-12(11(10)2)9-16-13-14-7-4-8-15-13;/h10-12H,3-9H2,1-2H3,(H2,14,15,16);1H. The molecule has 0 radical (unpaired) electrons. The van der Waals surface area contributed by atoms with Crippen molar-refractivity contribution in [2.75, 3.05) is 19.6 Å². The molecule has 0 bridgehead atoms. The van der Waals surface area contributed by atoms with Crippen LogP contribution in [-0.4, -0.2) is 25.6 Å². The van der Waals surface area contributed by atoms with E-state index in [0.29, 0.717) is 0 Å². The van der Waals surface area contributed by atoms with Crippen molar-refractivity contribution >= 4 is 29.9 Å². The Hall–Kier alpha value is 0. The highest BCUT2D eigenvalue weighted by molar-refractivity contribution is 14.0. The van der Waals surface area contributed by atoms with Gasteiger partial charge in [-0.25, -0.2) is 0 Å². The van der Waals surface area contributed by atoms with Gasteiger partial charge in [0.25, 0.3) is 0 Å². The highest BCUT2D eigenvalue weighted by Crippen LogP contribution is 2.33. The fraction of sp³-hybridized carbons (Fsp3) is 0.923. The van der Waals surface area contributed by atoms with Gasteiger partial charge in [-0.1, -0.05) is 26.7 Å². The summed E-state index contributed by atoms with van der Waals surface area (Å²) in [5, 5.41) is 6.80. The molecule has 2 aliphatic rings. The maximum Gasteiger partial charge on any atom is 0.191 e. The molecule has 0 aromatic carbocycles. The monoisotopic (exact) mass is 351 g/mol. The smallest absolute Gasteiger partial charge is 0.191 e. The summed E-state index contributed by atoms with van der Waals surface area (Å²) in [5.41, 5.74) is 0. The molecule has 0 saturated heterocycles. The Balaban J connectivity index is 0.00000144. The molecule has 100 valence electrons. The molecule has 2 rings (SSSR count). The Kier molecular flexibility index (Phi) is 6.59. The third-order valence-electron chi connectivity index (χ3n) is 4.30. The van der Waals surface area contributed by atoms with Gasteiger partial charge < -0.3 is 10.6 Å². The SMILES string of the molecule is CC1CCCC(CNC2=NCCCN2)C1C.I. The van der Waals surface area contributed by atoms with Crippen LogP contribution in [0.15, 0.2) is 4.99 Å². The van der Waals surface area contributed by atoms with Gasteiger partial charge >= 0.3 is 0 Å². The quantitative estimate of drug-likeness (QED) is 0.751. The predicted molar refractivity (Wildman–Crippen MR) is 84.0 cm³/mol. The van der Waals surface area contributed by atoms with Crippen molar-refractivity contribution in [1.29, 1.82) is 0 Å². The number of guanidine groups is 1. The average molecular weight is 351 g/mol. The second-order valence-electron chi connectivity index (χ2n) is 5.42. The molecule has 1 heterocycles. The molecular formula is C13H26IN3. The van der Waals surface area contributed by atoms with E-state index in [4.69, 9.17) is 0 Å². The van der Waals surface area contributed by atoms with E-state index >= 15 is 0 Å². The number of halogens is 1. The fourth-order valence-corrected chi connectivity index (χ4v) is 2.86. The van der Waals surface area contributed by atoms with Gasteiger partial charge in [0.15, 0.2) is 5.96 Å². The van der Waals surface area contributed by atoms with Crippen LogP contribution in [-0.2, 0) is 0 Å². The van der Waals surface area contributed by atoms with E-state index in [9.17, 15) is 0 Å². The average Bonchev–Trinajstić information content (AvgIpc) is 2.32. The summed E-state index contributed by atoms with van der Waals surface area (Å²) < 4.78 is 0. The summed E-state index contributed by atoms with van der Waals surface area (Å²) in [5.74, 6) is 3.60. The second kappa shape index (κ2) is 7.44.